The lowest BCUT2D eigenvalue weighted by molar-refractivity contribution is -0.274. The molecule has 1 amide bonds. The van der Waals surface area contributed by atoms with Crippen molar-refractivity contribution in [3.8, 4) is 0 Å². The molecule has 2 rings (SSSR count). The number of carboxylic acids is 1. The second-order valence-electron chi connectivity index (χ2n) is 6.88. The fraction of sp³-hybridized carbons (Fsp3) is 0.350. The van der Waals surface area contributed by atoms with Gasteiger partial charge in [0, 0.05) is 35.7 Å². The van der Waals surface area contributed by atoms with E-state index in [0.29, 0.717) is 0 Å². The number of hydrogen-bond acceptors (Lipinski definition) is 4. The first kappa shape index (κ1) is 24.9. The highest BCUT2D eigenvalue weighted by atomic mass is 35.5. The number of benzene rings is 1. The van der Waals surface area contributed by atoms with Crippen LogP contribution >= 0.6 is 23.2 Å². The summed E-state index contributed by atoms with van der Waals surface area (Å²) in [6.07, 6.45) is -4.07. The lowest BCUT2D eigenvalue weighted by Crippen LogP contribution is -2.46. The first-order valence-electron chi connectivity index (χ1n) is 9.08. The SMILES string of the molecule is CC(c1ccc(NC(=O)CCCC(=O)O)cc1Cl)C(O)(c1ccnc(Cl)c1)C(F)(F)F. The van der Waals surface area contributed by atoms with E-state index < -0.39 is 35.1 Å². The number of nitrogens with zero attached hydrogens (tertiary/aromatic N) is 1. The third-order valence-corrected chi connectivity index (χ3v) is 5.30. The summed E-state index contributed by atoms with van der Waals surface area (Å²) in [5.74, 6) is -3.02. The van der Waals surface area contributed by atoms with Gasteiger partial charge in [-0.1, -0.05) is 36.2 Å². The quantitative estimate of drug-likeness (QED) is 0.456. The maximum Gasteiger partial charge on any atom is 0.422 e. The third-order valence-electron chi connectivity index (χ3n) is 4.77. The Morgan fingerprint density at radius 2 is 1.84 bits per heavy atom. The summed E-state index contributed by atoms with van der Waals surface area (Å²) in [7, 11) is 0. The highest BCUT2D eigenvalue weighted by Gasteiger charge is 2.59. The van der Waals surface area contributed by atoms with Crippen LogP contribution in [0.25, 0.3) is 0 Å². The van der Waals surface area contributed by atoms with Gasteiger partial charge in [-0.15, -0.1) is 0 Å². The van der Waals surface area contributed by atoms with Gasteiger partial charge in [0.1, 0.15) is 5.15 Å². The lowest BCUT2D eigenvalue weighted by atomic mass is 9.78. The number of aliphatic hydroxyl groups is 1. The summed E-state index contributed by atoms with van der Waals surface area (Å²) in [6.45, 7) is 1.17. The molecule has 6 nitrogen and oxygen atoms in total. The Morgan fingerprint density at radius 3 is 2.39 bits per heavy atom. The van der Waals surface area contributed by atoms with Crippen LogP contribution in [0, 0.1) is 0 Å². The van der Waals surface area contributed by atoms with E-state index in [1.807, 2.05) is 0 Å². The molecule has 0 aliphatic heterocycles. The van der Waals surface area contributed by atoms with Gasteiger partial charge >= 0.3 is 12.1 Å². The van der Waals surface area contributed by atoms with Gasteiger partial charge in [-0.2, -0.15) is 13.2 Å². The number of pyridine rings is 1. The smallest absolute Gasteiger partial charge is 0.422 e. The van der Waals surface area contributed by atoms with Crippen LogP contribution in [0.15, 0.2) is 36.5 Å². The van der Waals surface area contributed by atoms with E-state index in [1.54, 1.807) is 0 Å². The molecular formula is C20H19Cl2F3N2O4. The van der Waals surface area contributed by atoms with Crippen molar-refractivity contribution in [1.82, 2.24) is 4.98 Å². The monoisotopic (exact) mass is 478 g/mol. The Hall–Kier alpha value is -2.36. The Kier molecular flexibility index (Phi) is 7.91. The number of alkyl halides is 3. The summed E-state index contributed by atoms with van der Waals surface area (Å²) < 4.78 is 41.9. The van der Waals surface area contributed by atoms with Gasteiger partial charge in [0.2, 0.25) is 5.91 Å². The molecule has 0 radical (unpaired) electrons. The maximum absolute atomic E-state index is 14.0. The van der Waals surface area contributed by atoms with Crippen LogP contribution in [-0.4, -0.2) is 33.2 Å². The zero-order chi connectivity index (χ0) is 23.4. The van der Waals surface area contributed by atoms with E-state index in [9.17, 15) is 27.9 Å². The summed E-state index contributed by atoms with van der Waals surface area (Å²) in [5, 5.41) is 21.6. The summed E-state index contributed by atoms with van der Waals surface area (Å²) in [6, 6.07) is 5.85. The molecule has 1 heterocycles. The molecule has 0 saturated heterocycles. The molecule has 168 valence electrons. The molecule has 0 fully saturated rings. The van der Waals surface area contributed by atoms with Crippen molar-refractivity contribution >= 4 is 40.8 Å². The van der Waals surface area contributed by atoms with Gasteiger partial charge in [0.05, 0.1) is 0 Å². The zero-order valence-electron chi connectivity index (χ0n) is 16.2. The fourth-order valence-corrected chi connectivity index (χ4v) is 3.62. The van der Waals surface area contributed by atoms with Crippen molar-refractivity contribution in [3.63, 3.8) is 0 Å². The number of carboxylic acid groups (broad SMARTS) is 1. The number of aliphatic carboxylic acids is 1. The number of hydrogen-bond donors (Lipinski definition) is 3. The fourth-order valence-electron chi connectivity index (χ4n) is 3.10. The Bertz CT molecular complexity index is 972. The minimum Gasteiger partial charge on any atom is -0.481 e. The molecule has 1 aromatic heterocycles. The lowest BCUT2D eigenvalue weighted by Gasteiger charge is -2.37. The van der Waals surface area contributed by atoms with Gasteiger partial charge < -0.3 is 15.5 Å². The van der Waals surface area contributed by atoms with Crippen molar-refractivity contribution in [2.75, 3.05) is 5.32 Å². The third kappa shape index (κ3) is 5.87. The van der Waals surface area contributed by atoms with Crippen LogP contribution in [-0.2, 0) is 15.2 Å². The van der Waals surface area contributed by atoms with Crippen LogP contribution in [0.2, 0.25) is 10.2 Å². The predicted molar refractivity (Wildman–Crippen MR) is 109 cm³/mol. The molecule has 31 heavy (non-hydrogen) atoms. The number of amides is 1. The first-order chi connectivity index (χ1) is 14.4. The molecule has 1 aromatic carbocycles. The molecule has 2 atom stereocenters. The normalized spacial score (nSPS) is 14.5. The topological polar surface area (TPSA) is 99.5 Å². The molecule has 11 heteroatoms. The van der Waals surface area contributed by atoms with Crippen molar-refractivity contribution in [2.45, 2.75) is 43.9 Å². The average molecular weight is 479 g/mol. The van der Waals surface area contributed by atoms with Gasteiger partial charge in [0.15, 0.2) is 5.60 Å². The predicted octanol–water partition coefficient (Wildman–Crippen LogP) is 5.14. The van der Waals surface area contributed by atoms with Gasteiger partial charge in [-0.05, 0) is 41.8 Å². The number of anilines is 1. The molecule has 0 bridgehead atoms. The van der Waals surface area contributed by atoms with Gasteiger partial charge in [-0.25, -0.2) is 4.98 Å². The minimum absolute atomic E-state index is 0.00157. The standard InChI is InChI=1S/C20H19Cl2F3N2O4/c1-11(19(31,20(23,24)25)12-7-8-26-16(22)9-12)14-6-5-13(10-15(14)21)27-17(28)3-2-4-18(29)30/h5-11,31H,2-4H2,1H3,(H,27,28)(H,29,30). The van der Waals surface area contributed by atoms with Gasteiger partial charge in [0.25, 0.3) is 0 Å². The molecule has 3 N–H and O–H groups in total. The van der Waals surface area contributed by atoms with Gasteiger partial charge in [-0.3, -0.25) is 9.59 Å². The molecule has 0 aliphatic carbocycles. The largest absolute Gasteiger partial charge is 0.481 e. The number of rotatable bonds is 8. The molecule has 0 saturated carbocycles. The number of nitrogens with one attached hydrogen (secondary N) is 1. The summed E-state index contributed by atoms with van der Waals surface area (Å²) >= 11 is 11.9. The second-order valence-corrected chi connectivity index (χ2v) is 7.68. The molecule has 0 aliphatic rings. The molecule has 2 aromatic rings. The minimum atomic E-state index is -5.06. The maximum atomic E-state index is 14.0. The summed E-state index contributed by atoms with van der Waals surface area (Å²) in [4.78, 5) is 26.0. The summed E-state index contributed by atoms with van der Waals surface area (Å²) in [5.41, 5.74) is -3.56. The molecule has 2 unspecified atom stereocenters. The highest BCUT2D eigenvalue weighted by Crippen LogP contribution is 2.50. The van der Waals surface area contributed by atoms with Crippen molar-refractivity contribution < 1.29 is 33.0 Å². The Balaban J connectivity index is 2.30. The van der Waals surface area contributed by atoms with Crippen LogP contribution in [0.5, 0.6) is 0 Å². The van der Waals surface area contributed by atoms with Crippen LogP contribution in [0.4, 0.5) is 18.9 Å². The molecule has 0 spiro atoms. The van der Waals surface area contributed by atoms with E-state index >= 15 is 0 Å². The van der Waals surface area contributed by atoms with E-state index in [0.717, 1.165) is 18.3 Å². The first-order valence-corrected chi connectivity index (χ1v) is 9.84. The number of carbonyl (C=O) groups is 2. The Labute approximate surface area is 186 Å². The van der Waals surface area contributed by atoms with E-state index in [1.165, 1.54) is 25.1 Å². The van der Waals surface area contributed by atoms with E-state index in [4.69, 9.17) is 28.3 Å². The zero-order valence-corrected chi connectivity index (χ0v) is 17.7. The Morgan fingerprint density at radius 1 is 1.16 bits per heavy atom. The number of aromatic nitrogens is 1. The van der Waals surface area contributed by atoms with E-state index in [-0.39, 0.29) is 40.7 Å². The average Bonchev–Trinajstić information content (AvgIpc) is 2.65. The number of halogens is 5. The highest BCUT2D eigenvalue weighted by molar-refractivity contribution is 6.31. The van der Waals surface area contributed by atoms with Crippen LogP contribution < -0.4 is 5.32 Å². The van der Waals surface area contributed by atoms with Crippen molar-refractivity contribution in [2.24, 2.45) is 0 Å². The number of carbonyl (C=O) groups excluding carboxylic acids is 1. The van der Waals surface area contributed by atoms with Crippen LogP contribution in [0.3, 0.4) is 0 Å². The second kappa shape index (κ2) is 9.84. The van der Waals surface area contributed by atoms with Crippen LogP contribution in [0.1, 0.15) is 43.2 Å². The van der Waals surface area contributed by atoms with E-state index in [2.05, 4.69) is 10.3 Å². The molecular weight excluding hydrogens is 460 g/mol. The van der Waals surface area contributed by atoms with Crippen molar-refractivity contribution in [1.29, 1.82) is 0 Å². The van der Waals surface area contributed by atoms with Crippen molar-refractivity contribution in [3.05, 3.63) is 57.8 Å².